The first-order valence-electron chi connectivity index (χ1n) is 20.4. The first-order chi connectivity index (χ1) is 32.5. The first kappa shape index (κ1) is 57.8. The zero-order valence-corrected chi connectivity index (χ0v) is 40.5. The Labute approximate surface area is 403 Å². The Hall–Kier alpha value is -6.53. The van der Waals surface area contributed by atoms with Gasteiger partial charge in [-0.25, -0.2) is 19.4 Å². The van der Waals surface area contributed by atoms with Crippen molar-refractivity contribution in [3.63, 3.8) is 0 Å². The number of nitrogens with one attached hydrogen (secondary N) is 2. The number of carboxylic acids is 1. The van der Waals surface area contributed by atoms with E-state index in [9.17, 15) is 47.0 Å². The number of carbonyl (C=O) groups is 4. The van der Waals surface area contributed by atoms with E-state index in [-0.39, 0.29) is 34.6 Å². The van der Waals surface area contributed by atoms with Gasteiger partial charge in [-0.2, -0.15) is 13.2 Å². The molecule has 0 radical (unpaired) electrons. The van der Waals surface area contributed by atoms with E-state index in [0.29, 0.717) is 23.3 Å². The van der Waals surface area contributed by atoms with Crippen LogP contribution in [0.3, 0.4) is 0 Å². The van der Waals surface area contributed by atoms with Gasteiger partial charge < -0.3 is 48.6 Å². The molecule has 0 saturated heterocycles. The Kier molecular flexibility index (Phi) is 20.5. The quantitative estimate of drug-likeness (QED) is 0.0303. The van der Waals surface area contributed by atoms with Crippen LogP contribution in [0.4, 0.5) is 29.3 Å². The van der Waals surface area contributed by atoms with E-state index in [4.69, 9.17) is 59.8 Å². The van der Waals surface area contributed by atoms with Crippen LogP contribution >= 0.6 is 19.2 Å². The molecule has 0 fully saturated rings. The maximum Gasteiger partial charge on any atom is 0.416 e. The number of hydrogen-bond acceptors (Lipinski definition) is 15. The summed E-state index contributed by atoms with van der Waals surface area (Å²) in [6, 6.07) is 18.0. The normalized spacial score (nSPS) is 15.1. The number of carboxylic acid groups (broad SMARTS) is 1. The number of halogens is 4. The second-order valence-corrected chi connectivity index (χ2v) is 17.6. The predicted molar refractivity (Wildman–Crippen MR) is 244 cm³/mol. The summed E-state index contributed by atoms with van der Waals surface area (Å²) in [4.78, 5) is 77.2. The molecule has 0 bridgehead atoms. The van der Waals surface area contributed by atoms with Crippen LogP contribution in [0, 0.1) is 10.1 Å². The van der Waals surface area contributed by atoms with E-state index in [1.54, 1.807) is 38.3 Å². The molecule has 70 heavy (non-hydrogen) atoms. The molecule has 5 N–H and O–H groups in total. The predicted octanol–water partition coefficient (Wildman–Crippen LogP) is 8.89. The monoisotopic (exact) mass is 1030 g/mol. The summed E-state index contributed by atoms with van der Waals surface area (Å²) in [6.07, 6.45) is -5.78. The molecule has 2 amide bonds. The molecular weight excluding hydrogens is 980 g/mol. The summed E-state index contributed by atoms with van der Waals surface area (Å²) in [7, 11) is 0.517. The number of amides is 2. The van der Waals surface area contributed by atoms with Crippen LogP contribution in [0.25, 0.3) is 0 Å². The SMILES string of the molecule is CCOC(=O)C(C)OC(=O)c1cc(Oc2ccc(C(F)(F)F)cc2Cl)ccc1[N+](=O)[O-].CON(C)C(=O)Nc1ccc(Oc2ccc3c(c2)OC(C)(OC)CC3(C)C)cc1.O=C(O)CNCP(=O)(O)O. The van der Waals surface area contributed by atoms with Crippen LogP contribution < -0.4 is 24.8 Å². The third kappa shape index (κ3) is 17.8. The number of hydrogen-bond donors (Lipinski definition) is 5. The zero-order chi connectivity index (χ0) is 52.8. The fraction of sp³-hybridized carbons (Fsp3) is 0.364. The maximum absolute atomic E-state index is 12.8. The first-order valence-corrected chi connectivity index (χ1v) is 22.6. The molecule has 1 aliphatic heterocycles. The molecule has 26 heteroatoms. The lowest BCUT2D eigenvalue weighted by Gasteiger charge is -2.43. The van der Waals surface area contributed by atoms with E-state index in [0.717, 1.165) is 53.1 Å². The van der Waals surface area contributed by atoms with Gasteiger partial charge in [-0.05, 0) is 73.9 Å². The number of nitro benzene ring substituents is 1. The Morgan fingerprint density at radius 3 is 2.11 bits per heavy atom. The van der Waals surface area contributed by atoms with E-state index < -0.39 is 78.1 Å². The van der Waals surface area contributed by atoms with Crippen LogP contribution in [0.5, 0.6) is 28.7 Å². The zero-order valence-electron chi connectivity index (χ0n) is 38.8. The number of alkyl halides is 3. The summed E-state index contributed by atoms with van der Waals surface area (Å²) in [6.45, 7) is 8.68. The number of hydroxylamine groups is 2. The summed E-state index contributed by atoms with van der Waals surface area (Å²) in [5, 5.41) is 24.8. The van der Waals surface area contributed by atoms with Crippen LogP contribution in [-0.4, -0.2) is 101 Å². The van der Waals surface area contributed by atoms with Gasteiger partial charge in [0.15, 0.2) is 6.10 Å². The standard InChI is InChI=1S/C22H28N2O5.C19H15ClF3NO7.C3H8NO5P/c1-21(2)14-22(3,26-5)29-19-13-17(11-12-18(19)21)28-16-9-7-15(8-10-16)23-20(25)24(4)27-6;1-3-29-17(25)10(2)30-18(26)13-9-12(5-6-15(13)24(27)28)31-16-7-4-11(8-14(16)20)19(21,22)23;5-3(6)1-4-2-10(7,8)9/h7-13H,14H2,1-6H3,(H,23,25);4-10H,3H2,1-2H3;4H,1-2H2,(H,5,6)(H2,7,8,9). The fourth-order valence-corrected chi connectivity index (χ4v) is 6.77. The topological polar surface area (TPSA) is 281 Å². The molecular formula is C44H51ClF3N4O17P. The number of aliphatic carboxylic acids is 1. The van der Waals surface area contributed by atoms with Crippen molar-refractivity contribution >= 4 is 54.5 Å². The van der Waals surface area contributed by atoms with Crippen molar-refractivity contribution in [1.29, 1.82) is 0 Å². The highest BCUT2D eigenvalue weighted by molar-refractivity contribution is 7.51. The molecule has 0 spiro atoms. The Bertz CT molecular complexity index is 2550. The van der Waals surface area contributed by atoms with Crippen molar-refractivity contribution in [2.45, 2.75) is 64.5 Å². The lowest BCUT2D eigenvalue weighted by Crippen LogP contribution is -2.45. The van der Waals surface area contributed by atoms with Crippen LogP contribution in [0.2, 0.25) is 5.02 Å². The van der Waals surface area contributed by atoms with Crippen LogP contribution in [0.1, 0.15) is 62.5 Å². The van der Waals surface area contributed by atoms with Gasteiger partial charge in [0.05, 0.1) is 42.1 Å². The number of fused-ring (bicyclic) bond motifs is 1. The number of esters is 2. The van der Waals surface area contributed by atoms with Gasteiger partial charge in [0.2, 0.25) is 5.79 Å². The molecule has 2 atom stereocenters. The van der Waals surface area contributed by atoms with Crippen molar-refractivity contribution in [2.24, 2.45) is 0 Å². The van der Waals surface area contributed by atoms with Crippen molar-refractivity contribution in [2.75, 3.05) is 46.0 Å². The molecule has 2 unspecified atom stereocenters. The number of rotatable bonds is 16. The van der Waals surface area contributed by atoms with Gasteiger partial charge in [-0.3, -0.25) is 29.6 Å². The highest BCUT2D eigenvalue weighted by atomic mass is 35.5. The van der Waals surface area contributed by atoms with E-state index in [1.165, 1.54) is 21.1 Å². The van der Waals surface area contributed by atoms with E-state index in [1.807, 2.05) is 25.1 Å². The van der Waals surface area contributed by atoms with Crippen LogP contribution in [0.15, 0.2) is 78.9 Å². The number of carbonyl (C=O) groups excluding carboxylic acids is 3. The minimum atomic E-state index is -4.61. The number of urea groups is 1. The number of ether oxygens (including phenoxy) is 6. The number of benzene rings is 4. The van der Waals surface area contributed by atoms with Crippen molar-refractivity contribution in [3.8, 4) is 28.7 Å². The Balaban J connectivity index is 0.000000311. The molecule has 0 aliphatic carbocycles. The fourth-order valence-electron chi connectivity index (χ4n) is 6.15. The molecule has 0 aromatic heterocycles. The number of nitrogens with zero attached hydrogens (tertiary/aromatic N) is 2. The van der Waals surface area contributed by atoms with Gasteiger partial charge in [0.1, 0.15) is 34.3 Å². The van der Waals surface area contributed by atoms with Gasteiger partial charge >= 0.3 is 37.7 Å². The van der Waals surface area contributed by atoms with Gasteiger partial charge in [0, 0.05) is 57.0 Å². The van der Waals surface area contributed by atoms with Crippen molar-refractivity contribution in [3.05, 3.63) is 111 Å². The van der Waals surface area contributed by atoms with Crippen molar-refractivity contribution in [1.82, 2.24) is 10.4 Å². The Morgan fingerprint density at radius 1 is 0.957 bits per heavy atom. The average molecular weight is 1030 g/mol. The Morgan fingerprint density at radius 2 is 1.57 bits per heavy atom. The van der Waals surface area contributed by atoms with Crippen molar-refractivity contribution < 1.29 is 90.0 Å². The lowest BCUT2D eigenvalue weighted by molar-refractivity contribution is -0.385. The molecule has 0 saturated carbocycles. The number of methoxy groups -OCH3 is 1. The summed E-state index contributed by atoms with van der Waals surface area (Å²) in [5.74, 6) is -2.11. The third-order valence-electron chi connectivity index (χ3n) is 9.47. The highest BCUT2D eigenvalue weighted by Gasteiger charge is 2.42. The third-order valence-corrected chi connectivity index (χ3v) is 10.4. The summed E-state index contributed by atoms with van der Waals surface area (Å²) in [5.41, 5.74) is -0.483. The van der Waals surface area contributed by atoms with Gasteiger partial charge in [-0.1, -0.05) is 31.5 Å². The summed E-state index contributed by atoms with van der Waals surface area (Å²) >= 11 is 5.83. The number of anilines is 1. The smallest absolute Gasteiger partial charge is 0.416 e. The molecule has 21 nitrogen and oxygen atoms in total. The minimum Gasteiger partial charge on any atom is -0.480 e. The average Bonchev–Trinajstić information content (AvgIpc) is 3.26. The molecule has 382 valence electrons. The molecule has 1 aliphatic rings. The largest absolute Gasteiger partial charge is 0.480 e. The van der Waals surface area contributed by atoms with Crippen LogP contribution in [-0.2, 0) is 44.8 Å². The van der Waals surface area contributed by atoms with Gasteiger partial charge in [0.25, 0.3) is 5.69 Å². The molecule has 4 aromatic rings. The second kappa shape index (κ2) is 24.8. The molecule has 4 aromatic carbocycles. The van der Waals surface area contributed by atoms with Gasteiger partial charge in [-0.15, -0.1) is 0 Å². The van der Waals surface area contributed by atoms with E-state index in [2.05, 4.69) is 24.5 Å². The molecule has 1 heterocycles. The minimum absolute atomic E-state index is 0.0398. The second-order valence-electron chi connectivity index (χ2n) is 15.5. The highest BCUT2D eigenvalue weighted by Crippen LogP contribution is 2.47. The molecule has 5 rings (SSSR count). The lowest BCUT2D eigenvalue weighted by atomic mass is 9.76. The number of nitro groups is 1. The van der Waals surface area contributed by atoms with E-state index >= 15 is 0 Å². The maximum atomic E-state index is 12.8. The summed E-state index contributed by atoms with van der Waals surface area (Å²) < 4.78 is 80.9.